The number of aryl methyl sites for hydroxylation is 1. The maximum Gasteiger partial charge on any atom is 0.269 e. The van der Waals surface area contributed by atoms with Crippen molar-refractivity contribution in [1.82, 2.24) is 18.7 Å². The highest BCUT2D eigenvalue weighted by atomic mass is 32.2. The van der Waals surface area contributed by atoms with Crippen molar-refractivity contribution in [2.45, 2.75) is 88.7 Å². The smallest absolute Gasteiger partial charge is 0.269 e. The molecule has 2 aromatic heterocycles. The fourth-order valence-corrected chi connectivity index (χ4v) is 9.06. The number of nitrogens with one attached hydrogen (secondary N) is 1. The van der Waals surface area contributed by atoms with E-state index in [9.17, 15) is 16.8 Å². The van der Waals surface area contributed by atoms with Crippen molar-refractivity contribution in [3.63, 3.8) is 0 Å². The van der Waals surface area contributed by atoms with Crippen molar-refractivity contribution >= 4 is 45.2 Å². The molecule has 0 saturated heterocycles. The van der Waals surface area contributed by atoms with E-state index in [2.05, 4.69) is 48.6 Å². The van der Waals surface area contributed by atoms with Crippen LogP contribution in [0.4, 0.5) is 5.82 Å². The van der Waals surface area contributed by atoms with Crippen molar-refractivity contribution in [2.24, 2.45) is 0 Å². The second kappa shape index (κ2) is 10.8. The van der Waals surface area contributed by atoms with Crippen LogP contribution in [0.25, 0.3) is 11.0 Å². The average molecular weight is 608 g/mol. The third-order valence-electron chi connectivity index (χ3n) is 8.10. The Morgan fingerprint density at radius 1 is 1.10 bits per heavy atom. The Hall–Kier alpha value is -2.32. The van der Waals surface area contributed by atoms with E-state index in [1.807, 2.05) is 25.8 Å². The van der Waals surface area contributed by atoms with Crippen LogP contribution < -0.4 is 9.62 Å². The van der Waals surface area contributed by atoms with E-state index in [1.165, 1.54) is 16.5 Å². The number of fused-ring (bicyclic) bond motifs is 1. The zero-order chi connectivity index (χ0) is 29.7. The van der Waals surface area contributed by atoms with Gasteiger partial charge in [0.25, 0.3) is 10.0 Å². The summed E-state index contributed by atoms with van der Waals surface area (Å²) < 4.78 is 62.6. The van der Waals surface area contributed by atoms with E-state index in [0.29, 0.717) is 29.7 Å². The van der Waals surface area contributed by atoms with Gasteiger partial charge in [0.15, 0.2) is 14.0 Å². The van der Waals surface area contributed by atoms with Crippen LogP contribution in [0, 0.1) is 6.92 Å². The van der Waals surface area contributed by atoms with Gasteiger partial charge >= 0.3 is 0 Å². The summed E-state index contributed by atoms with van der Waals surface area (Å²) in [5.74, 6) is 0.525. The number of benzene rings is 1. The van der Waals surface area contributed by atoms with Crippen molar-refractivity contribution < 1.29 is 21.3 Å². The molecule has 1 fully saturated rings. The van der Waals surface area contributed by atoms with Crippen LogP contribution in [0.2, 0.25) is 18.1 Å². The van der Waals surface area contributed by atoms with Crippen LogP contribution in [-0.4, -0.2) is 70.1 Å². The Balaban J connectivity index is 1.42. The first-order valence-electron chi connectivity index (χ1n) is 13.5. The third-order valence-corrected chi connectivity index (χ3v) is 16.0. The highest BCUT2D eigenvalue weighted by Gasteiger charge is 2.40. The molecule has 3 aromatic rings. The Bertz CT molecular complexity index is 1580. The lowest BCUT2D eigenvalue weighted by Crippen LogP contribution is -2.54. The van der Waals surface area contributed by atoms with E-state index in [0.717, 1.165) is 5.56 Å². The van der Waals surface area contributed by atoms with Gasteiger partial charge in [-0.3, -0.25) is 0 Å². The van der Waals surface area contributed by atoms with Crippen molar-refractivity contribution in [1.29, 1.82) is 0 Å². The fraction of sp³-hybridized carbons (Fsp3) is 0.556. The van der Waals surface area contributed by atoms with Crippen LogP contribution in [0.1, 0.15) is 46.1 Å². The fourth-order valence-electron chi connectivity index (χ4n) is 4.71. The summed E-state index contributed by atoms with van der Waals surface area (Å²) >= 11 is 0. The molecule has 1 aliphatic rings. The van der Waals surface area contributed by atoms with Gasteiger partial charge in [0.05, 0.1) is 22.1 Å². The molecule has 0 aliphatic heterocycles. The van der Waals surface area contributed by atoms with Gasteiger partial charge < -0.3 is 9.33 Å². The third kappa shape index (κ3) is 6.28. The average Bonchev–Trinajstić information content (AvgIpc) is 3.24. The standard InChI is InChI=1S/C27H41N5O5S2Si/c1-19-9-11-23(12-10-19)39(35,36)32-14-13-24-25(28-18-29-26(24)32)31(6)22-15-21(16-22)30-38(33,34)17-20(2)37-40(7,8)27(3,4)5/h9-14,18,20-22,30H,15-17H2,1-8H3/t20?,21-,22+. The molecular weight excluding hydrogens is 567 g/mol. The van der Waals surface area contributed by atoms with Crippen LogP contribution in [-0.2, 0) is 24.5 Å². The van der Waals surface area contributed by atoms with Gasteiger partial charge in [0.2, 0.25) is 10.0 Å². The molecule has 1 N–H and O–H groups in total. The van der Waals surface area contributed by atoms with Gasteiger partial charge in [-0.2, -0.15) is 0 Å². The van der Waals surface area contributed by atoms with Crippen LogP contribution in [0.3, 0.4) is 0 Å². The Morgan fingerprint density at radius 2 is 1.73 bits per heavy atom. The first-order valence-corrected chi connectivity index (χ1v) is 19.5. The number of hydrogen-bond donors (Lipinski definition) is 1. The number of hydrogen-bond acceptors (Lipinski definition) is 8. The first-order chi connectivity index (χ1) is 18.4. The summed E-state index contributed by atoms with van der Waals surface area (Å²) in [5, 5.41) is 0.615. The second-order valence-corrected chi connectivity index (χ2v) is 20.8. The number of aromatic nitrogens is 3. The predicted molar refractivity (Wildman–Crippen MR) is 161 cm³/mol. The molecule has 0 bridgehead atoms. The summed E-state index contributed by atoms with van der Waals surface area (Å²) in [6, 6.07) is 8.26. The molecule has 40 heavy (non-hydrogen) atoms. The van der Waals surface area contributed by atoms with Gasteiger partial charge in [0, 0.05) is 25.3 Å². The number of nitrogens with zero attached hydrogens (tertiary/aromatic N) is 4. The van der Waals surface area contributed by atoms with Crippen LogP contribution in [0.15, 0.2) is 47.8 Å². The zero-order valence-corrected chi connectivity index (χ0v) is 27.2. The van der Waals surface area contributed by atoms with Crippen molar-refractivity contribution in [3.05, 3.63) is 48.4 Å². The maximum absolute atomic E-state index is 13.3. The molecule has 1 unspecified atom stereocenters. The molecule has 4 rings (SSSR count). The highest BCUT2D eigenvalue weighted by Crippen LogP contribution is 2.37. The van der Waals surface area contributed by atoms with E-state index in [1.54, 1.807) is 30.3 Å². The maximum atomic E-state index is 13.3. The Morgan fingerprint density at radius 3 is 2.33 bits per heavy atom. The summed E-state index contributed by atoms with van der Waals surface area (Å²) in [6.45, 7) is 14.4. The quantitative estimate of drug-likeness (QED) is 0.339. The van der Waals surface area contributed by atoms with Crippen LogP contribution in [0.5, 0.6) is 0 Å². The lowest BCUT2D eigenvalue weighted by Gasteiger charge is -2.42. The molecule has 1 atom stereocenters. The predicted octanol–water partition coefficient (Wildman–Crippen LogP) is 4.27. The SMILES string of the molecule is Cc1ccc(S(=O)(=O)n2ccc3c(N(C)[C@H]4C[C@@H](NS(=O)(=O)CC(C)O[Si](C)(C)C(C)(C)C)C4)ncnc32)cc1. The van der Waals surface area contributed by atoms with E-state index in [4.69, 9.17) is 4.43 Å². The minimum atomic E-state index is -3.83. The molecule has 1 saturated carbocycles. The number of sulfonamides is 1. The molecular formula is C27H41N5O5S2Si. The van der Waals surface area contributed by atoms with Gasteiger partial charge in [-0.1, -0.05) is 38.5 Å². The van der Waals surface area contributed by atoms with E-state index in [-0.39, 0.29) is 27.8 Å². The normalized spacial score (nSPS) is 19.4. The topological polar surface area (TPSA) is 123 Å². The van der Waals surface area contributed by atoms with Crippen LogP contribution >= 0.6 is 0 Å². The molecule has 1 aliphatic carbocycles. The molecule has 10 nitrogen and oxygen atoms in total. The molecule has 2 heterocycles. The minimum Gasteiger partial charge on any atom is -0.413 e. The van der Waals surface area contributed by atoms with Gasteiger partial charge in [-0.15, -0.1) is 0 Å². The second-order valence-electron chi connectivity index (χ2n) is 12.4. The van der Waals surface area contributed by atoms with Crippen molar-refractivity contribution in [2.75, 3.05) is 17.7 Å². The minimum absolute atomic E-state index is 0.00246. The van der Waals surface area contributed by atoms with Gasteiger partial charge in [-0.05, 0) is 63.0 Å². The highest BCUT2D eigenvalue weighted by molar-refractivity contribution is 7.90. The Kier molecular flexibility index (Phi) is 8.29. The van der Waals surface area contributed by atoms with E-state index < -0.39 is 34.5 Å². The van der Waals surface area contributed by atoms with E-state index >= 15 is 0 Å². The summed E-state index contributed by atoms with van der Waals surface area (Å²) in [4.78, 5) is 10.9. The first kappa shape index (κ1) is 30.6. The summed E-state index contributed by atoms with van der Waals surface area (Å²) in [5.41, 5.74) is 1.27. The Labute approximate surface area is 239 Å². The molecule has 0 spiro atoms. The molecule has 1 aromatic carbocycles. The molecule has 0 amide bonds. The lowest BCUT2D eigenvalue weighted by molar-refractivity contribution is 0.219. The van der Waals surface area contributed by atoms with Crippen molar-refractivity contribution in [3.8, 4) is 0 Å². The molecule has 220 valence electrons. The monoisotopic (exact) mass is 607 g/mol. The molecule has 0 radical (unpaired) electrons. The van der Waals surface area contributed by atoms with Gasteiger partial charge in [-0.25, -0.2) is 35.5 Å². The largest absolute Gasteiger partial charge is 0.413 e. The summed E-state index contributed by atoms with van der Waals surface area (Å²) in [6.07, 6.45) is 3.68. The molecule has 13 heteroatoms. The summed E-state index contributed by atoms with van der Waals surface area (Å²) in [7, 11) is -7.53. The number of anilines is 1. The zero-order valence-electron chi connectivity index (χ0n) is 24.5. The number of rotatable bonds is 10. The van der Waals surface area contributed by atoms with Gasteiger partial charge in [0.1, 0.15) is 12.1 Å². The lowest BCUT2D eigenvalue weighted by atomic mass is 9.86.